The van der Waals surface area contributed by atoms with Crippen LogP contribution in [0.3, 0.4) is 0 Å². The van der Waals surface area contributed by atoms with Crippen LogP contribution < -0.4 is 19.1 Å². The van der Waals surface area contributed by atoms with Gasteiger partial charge in [0.15, 0.2) is 0 Å². The molecule has 0 aromatic heterocycles. The van der Waals surface area contributed by atoms with Crippen molar-refractivity contribution >= 4 is 27.4 Å². The number of sulfonamides is 1. The van der Waals surface area contributed by atoms with E-state index in [1.54, 1.807) is 13.0 Å². The van der Waals surface area contributed by atoms with Gasteiger partial charge >= 0.3 is 5.97 Å². The normalized spacial score (nSPS) is 11.0. The Bertz CT molecular complexity index is 1570. The van der Waals surface area contributed by atoms with Crippen LogP contribution in [0.1, 0.15) is 36.5 Å². The lowest BCUT2D eigenvalue weighted by molar-refractivity contribution is -0.143. The van der Waals surface area contributed by atoms with E-state index < -0.39 is 10.0 Å². The van der Waals surface area contributed by atoms with Crippen molar-refractivity contribution in [1.29, 1.82) is 0 Å². The second kappa shape index (κ2) is 15.1. The minimum absolute atomic E-state index is 0.212. The summed E-state index contributed by atoms with van der Waals surface area (Å²) in [5.74, 6) is 1.88. The molecule has 0 saturated heterocycles. The highest BCUT2D eigenvalue weighted by Crippen LogP contribution is 2.31. The van der Waals surface area contributed by atoms with Crippen molar-refractivity contribution in [2.75, 3.05) is 29.1 Å². The monoisotopic (exact) mass is 602 g/mol. The quantitative estimate of drug-likeness (QED) is 0.115. The third-order valence-corrected chi connectivity index (χ3v) is 7.20. The van der Waals surface area contributed by atoms with Gasteiger partial charge in [0, 0.05) is 25.2 Å². The third kappa shape index (κ3) is 10.1. The molecule has 0 aliphatic carbocycles. The molecule has 0 saturated carbocycles. The fourth-order valence-corrected chi connectivity index (χ4v) is 5.19. The van der Waals surface area contributed by atoms with Gasteiger partial charge in [-0.05, 0) is 85.5 Å². The largest absolute Gasteiger partial charge is 0.494 e. The Balaban J connectivity index is 1.41. The van der Waals surface area contributed by atoms with Crippen molar-refractivity contribution in [3.8, 4) is 17.2 Å². The van der Waals surface area contributed by atoms with Crippen molar-refractivity contribution in [1.82, 2.24) is 0 Å². The summed E-state index contributed by atoms with van der Waals surface area (Å²) < 4.78 is 43.2. The Morgan fingerprint density at radius 1 is 0.791 bits per heavy atom. The molecule has 43 heavy (non-hydrogen) atoms. The molecular weight excluding hydrogens is 564 g/mol. The summed E-state index contributed by atoms with van der Waals surface area (Å²) in [5.41, 5.74) is 4.59. The highest BCUT2D eigenvalue weighted by molar-refractivity contribution is 7.92. The van der Waals surface area contributed by atoms with E-state index in [0.717, 1.165) is 28.6 Å². The first-order chi connectivity index (χ1) is 20.7. The molecule has 4 aromatic rings. The summed E-state index contributed by atoms with van der Waals surface area (Å²) in [6, 6.07) is 31.1. The summed E-state index contributed by atoms with van der Waals surface area (Å²) in [6.07, 6.45) is 2.08. The van der Waals surface area contributed by atoms with E-state index in [1.807, 2.05) is 85.8 Å². The molecule has 0 fully saturated rings. The summed E-state index contributed by atoms with van der Waals surface area (Å²) in [5, 5.41) is 0. The SMILES string of the molecule is CCOC(=O)CCCOc1ccc(Oc2ccc(CN(Cc3ccccc3)c3cccc(NS(C)(=O)=O)c3C)cc2)cc1. The Hall–Kier alpha value is -4.50. The number of benzene rings is 4. The lowest BCUT2D eigenvalue weighted by atomic mass is 10.1. The molecule has 9 heteroatoms. The van der Waals surface area contributed by atoms with Gasteiger partial charge in [0.1, 0.15) is 17.2 Å². The third-order valence-electron chi connectivity index (χ3n) is 6.61. The number of rotatable bonds is 15. The predicted molar refractivity (Wildman–Crippen MR) is 170 cm³/mol. The van der Waals surface area contributed by atoms with Crippen LogP contribution in [0.5, 0.6) is 17.2 Å². The van der Waals surface area contributed by atoms with Crippen LogP contribution in [0.25, 0.3) is 0 Å². The van der Waals surface area contributed by atoms with Crippen LogP contribution >= 0.6 is 0 Å². The molecule has 0 spiro atoms. The number of ether oxygens (including phenoxy) is 3. The smallest absolute Gasteiger partial charge is 0.305 e. The Morgan fingerprint density at radius 2 is 1.40 bits per heavy atom. The van der Waals surface area contributed by atoms with Crippen LogP contribution in [0.4, 0.5) is 11.4 Å². The standard InChI is InChI=1S/C34H38N2O6S/c1-4-40-34(37)14-9-23-41-29-19-21-31(22-20-29)42-30-17-15-28(16-18-30)25-36(24-27-10-6-5-7-11-27)33-13-8-12-32(26(33)2)35-43(3,38)39/h5-8,10-13,15-22,35H,4,9,14,23-25H2,1-3H3. The van der Waals surface area contributed by atoms with E-state index >= 15 is 0 Å². The van der Waals surface area contributed by atoms with Gasteiger partial charge in [0.2, 0.25) is 10.0 Å². The number of esters is 1. The fourth-order valence-electron chi connectivity index (χ4n) is 4.57. The molecule has 0 amide bonds. The Morgan fingerprint density at radius 3 is 2.02 bits per heavy atom. The highest BCUT2D eigenvalue weighted by Gasteiger charge is 2.15. The average Bonchev–Trinajstić information content (AvgIpc) is 2.98. The molecule has 0 aliphatic heterocycles. The van der Waals surface area contributed by atoms with Crippen molar-refractivity contribution in [3.63, 3.8) is 0 Å². The molecular formula is C34H38N2O6S. The van der Waals surface area contributed by atoms with E-state index in [4.69, 9.17) is 14.2 Å². The molecule has 8 nitrogen and oxygen atoms in total. The molecule has 226 valence electrons. The number of carbonyl (C=O) groups excluding carboxylic acids is 1. The molecule has 0 aliphatic rings. The number of hydrogen-bond donors (Lipinski definition) is 1. The van der Waals surface area contributed by atoms with Crippen LogP contribution in [0, 0.1) is 6.92 Å². The zero-order valence-corrected chi connectivity index (χ0v) is 25.6. The molecule has 4 aromatic carbocycles. The predicted octanol–water partition coefficient (Wildman–Crippen LogP) is 7.09. The number of anilines is 2. The first kappa shape index (κ1) is 31.4. The second-order valence-corrected chi connectivity index (χ2v) is 11.9. The van der Waals surface area contributed by atoms with E-state index in [2.05, 4.69) is 21.8 Å². The molecule has 1 N–H and O–H groups in total. The zero-order valence-electron chi connectivity index (χ0n) is 24.8. The van der Waals surface area contributed by atoms with Crippen molar-refractivity contribution < 1.29 is 27.4 Å². The second-order valence-electron chi connectivity index (χ2n) is 10.1. The van der Waals surface area contributed by atoms with Gasteiger partial charge in [-0.2, -0.15) is 0 Å². The van der Waals surface area contributed by atoms with Crippen LogP contribution in [-0.4, -0.2) is 33.9 Å². The zero-order chi connectivity index (χ0) is 30.7. The summed E-state index contributed by atoms with van der Waals surface area (Å²) in [7, 11) is -3.41. The molecule has 0 atom stereocenters. The number of carbonyl (C=O) groups is 1. The summed E-state index contributed by atoms with van der Waals surface area (Å²) in [6.45, 7) is 5.80. The van der Waals surface area contributed by atoms with Gasteiger partial charge in [-0.25, -0.2) is 8.42 Å². The van der Waals surface area contributed by atoms with Crippen molar-refractivity contribution in [2.45, 2.75) is 39.8 Å². The fraction of sp³-hybridized carbons (Fsp3) is 0.265. The minimum atomic E-state index is -3.41. The van der Waals surface area contributed by atoms with E-state index in [9.17, 15) is 13.2 Å². The maximum absolute atomic E-state index is 11.9. The van der Waals surface area contributed by atoms with Crippen molar-refractivity contribution in [2.24, 2.45) is 0 Å². The highest BCUT2D eigenvalue weighted by atomic mass is 32.2. The molecule has 0 radical (unpaired) electrons. The lowest BCUT2D eigenvalue weighted by Crippen LogP contribution is -2.23. The molecule has 0 heterocycles. The van der Waals surface area contributed by atoms with Gasteiger partial charge in [0.05, 0.1) is 25.2 Å². The lowest BCUT2D eigenvalue weighted by Gasteiger charge is -2.28. The van der Waals surface area contributed by atoms with E-state index in [0.29, 0.717) is 62.1 Å². The maximum atomic E-state index is 11.9. The molecule has 4 rings (SSSR count). The first-order valence-electron chi connectivity index (χ1n) is 14.2. The van der Waals surface area contributed by atoms with E-state index in [1.165, 1.54) is 0 Å². The van der Waals surface area contributed by atoms with Crippen molar-refractivity contribution in [3.05, 3.63) is 114 Å². The van der Waals surface area contributed by atoms with Crippen LogP contribution in [-0.2, 0) is 32.6 Å². The first-order valence-corrected chi connectivity index (χ1v) is 16.1. The summed E-state index contributed by atoms with van der Waals surface area (Å²) >= 11 is 0. The Labute approximate surface area is 254 Å². The van der Waals surface area contributed by atoms with E-state index in [-0.39, 0.29) is 5.97 Å². The van der Waals surface area contributed by atoms with Crippen LogP contribution in [0.15, 0.2) is 97.1 Å². The van der Waals surface area contributed by atoms with Crippen LogP contribution in [0.2, 0.25) is 0 Å². The minimum Gasteiger partial charge on any atom is -0.494 e. The maximum Gasteiger partial charge on any atom is 0.305 e. The molecule has 0 unspecified atom stereocenters. The van der Waals surface area contributed by atoms with Gasteiger partial charge in [-0.1, -0.05) is 48.5 Å². The van der Waals surface area contributed by atoms with Gasteiger partial charge in [-0.3, -0.25) is 9.52 Å². The van der Waals surface area contributed by atoms with Gasteiger partial charge in [-0.15, -0.1) is 0 Å². The summed E-state index contributed by atoms with van der Waals surface area (Å²) in [4.78, 5) is 13.7. The Kier molecular flexibility index (Phi) is 11.0. The number of nitrogens with one attached hydrogen (secondary N) is 1. The van der Waals surface area contributed by atoms with Gasteiger partial charge < -0.3 is 19.1 Å². The van der Waals surface area contributed by atoms with Gasteiger partial charge in [0.25, 0.3) is 0 Å². The number of nitrogens with zero attached hydrogens (tertiary/aromatic N) is 1. The average molecular weight is 603 g/mol. The number of hydrogen-bond acceptors (Lipinski definition) is 7. The molecule has 0 bridgehead atoms. The topological polar surface area (TPSA) is 94.2 Å².